The number of aromatic nitrogens is 1. The molecular weight excluding hydrogens is 266 g/mol. The van der Waals surface area contributed by atoms with Crippen molar-refractivity contribution in [1.82, 2.24) is 9.88 Å². The Morgan fingerprint density at radius 1 is 1.25 bits per heavy atom. The molecule has 0 N–H and O–H groups in total. The van der Waals surface area contributed by atoms with Gasteiger partial charge in [0.05, 0.1) is 0 Å². The van der Waals surface area contributed by atoms with Crippen LogP contribution in [0.3, 0.4) is 0 Å². The molecular formula is C16H17N3S. The smallest absolute Gasteiger partial charge is 0.277 e. The molecule has 2 heterocycles. The molecule has 0 saturated carbocycles. The molecule has 4 heteroatoms. The molecule has 1 aliphatic heterocycles. The van der Waals surface area contributed by atoms with Crippen LogP contribution in [0.4, 0.5) is 0 Å². The first-order valence-electron chi connectivity index (χ1n) is 6.82. The van der Waals surface area contributed by atoms with E-state index in [9.17, 15) is 0 Å². The Bertz CT molecular complexity index is 619. The van der Waals surface area contributed by atoms with E-state index >= 15 is 0 Å². The predicted octanol–water partition coefficient (Wildman–Crippen LogP) is 3.65. The summed E-state index contributed by atoms with van der Waals surface area (Å²) < 4.78 is 0. The lowest BCUT2D eigenvalue weighted by Gasteiger charge is -2.30. The van der Waals surface area contributed by atoms with Gasteiger partial charge in [0.2, 0.25) is 0 Å². The summed E-state index contributed by atoms with van der Waals surface area (Å²) in [6, 6.07) is 10.2. The first-order valence-corrected chi connectivity index (χ1v) is 7.70. The van der Waals surface area contributed by atoms with Gasteiger partial charge in [-0.1, -0.05) is 30.3 Å². The summed E-state index contributed by atoms with van der Waals surface area (Å²) in [5.74, 6) is 0. The highest BCUT2D eigenvalue weighted by molar-refractivity contribution is 7.13. The Kier molecular flexibility index (Phi) is 3.56. The molecule has 0 bridgehead atoms. The van der Waals surface area contributed by atoms with Gasteiger partial charge in [0.25, 0.3) is 5.54 Å². The topological polar surface area (TPSA) is 20.5 Å². The van der Waals surface area contributed by atoms with E-state index in [0.29, 0.717) is 0 Å². The maximum atomic E-state index is 7.63. The summed E-state index contributed by atoms with van der Waals surface area (Å²) >= 11 is 1.64. The van der Waals surface area contributed by atoms with Crippen LogP contribution < -0.4 is 0 Å². The van der Waals surface area contributed by atoms with Crippen molar-refractivity contribution in [1.29, 1.82) is 0 Å². The van der Waals surface area contributed by atoms with E-state index in [4.69, 9.17) is 11.6 Å². The molecule has 1 saturated heterocycles. The van der Waals surface area contributed by atoms with Crippen LogP contribution in [0.1, 0.15) is 18.5 Å². The van der Waals surface area contributed by atoms with Crippen molar-refractivity contribution in [2.75, 3.05) is 20.1 Å². The summed E-state index contributed by atoms with van der Waals surface area (Å²) in [6.07, 6.45) is 1.76. The first kappa shape index (κ1) is 13.3. The molecule has 1 aromatic carbocycles. The molecule has 102 valence electrons. The molecule has 1 fully saturated rings. The second-order valence-electron chi connectivity index (χ2n) is 5.35. The minimum absolute atomic E-state index is 0.407. The maximum Gasteiger partial charge on any atom is 0.277 e. The zero-order valence-electron chi connectivity index (χ0n) is 11.5. The predicted molar refractivity (Wildman–Crippen MR) is 82.6 cm³/mol. The third-order valence-electron chi connectivity index (χ3n) is 4.03. The fourth-order valence-corrected chi connectivity index (χ4v) is 3.53. The SMILES string of the molecule is [C-]#[N+]C1(c2csc(-c3ccccc3)n2)CCN(C)CC1. The molecule has 0 atom stereocenters. The number of thiazole rings is 1. The number of benzene rings is 1. The monoisotopic (exact) mass is 283 g/mol. The lowest BCUT2D eigenvalue weighted by Crippen LogP contribution is -2.39. The van der Waals surface area contributed by atoms with E-state index in [1.54, 1.807) is 11.3 Å². The Labute approximate surface area is 123 Å². The summed E-state index contributed by atoms with van der Waals surface area (Å²) in [6.45, 7) is 9.58. The van der Waals surface area contributed by atoms with Gasteiger partial charge in [0.1, 0.15) is 10.7 Å². The third-order valence-corrected chi connectivity index (χ3v) is 4.92. The zero-order valence-corrected chi connectivity index (χ0v) is 12.4. The average Bonchev–Trinajstić information content (AvgIpc) is 3.00. The van der Waals surface area contributed by atoms with E-state index in [-0.39, 0.29) is 0 Å². The Morgan fingerprint density at radius 3 is 2.60 bits per heavy atom. The molecule has 20 heavy (non-hydrogen) atoms. The number of rotatable bonds is 2. The largest absolute Gasteiger partial charge is 0.306 e. The van der Waals surface area contributed by atoms with Crippen molar-refractivity contribution < 1.29 is 0 Å². The van der Waals surface area contributed by atoms with E-state index in [0.717, 1.165) is 42.2 Å². The molecule has 0 unspecified atom stereocenters. The Morgan fingerprint density at radius 2 is 1.95 bits per heavy atom. The van der Waals surface area contributed by atoms with Crippen molar-refractivity contribution in [3.63, 3.8) is 0 Å². The van der Waals surface area contributed by atoms with Crippen molar-refractivity contribution >= 4 is 11.3 Å². The van der Waals surface area contributed by atoms with E-state index < -0.39 is 5.54 Å². The molecule has 3 nitrogen and oxygen atoms in total. The van der Waals surface area contributed by atoms with Gasteiger partial charge in [0.15, 0.2) is 0 Å². The molecule has 0 radical (unpaired) electrons. The van der Waals surface area contributed by atoms with Gasteiger partial charge in [-0.2, -0.15) is 0 Å². The summed E-state index contributed by atoms with van der Waals surface area (Å²) in [5.41, 5.74) is 1.69. The average molecular weight is 283 g/mol. The van der Waals surface area contributed by atoms with Gasteiger partial charge in [-0.3, -0.25) is 0 Å². The third kappa shape index (κ3) is 2.35. The highest BCUT2D eigenvalue weighted by atomic mass is 32.1. The molecule has 0 spiro atoms. The quantitative estimate of drug-likeness (QED) is 0.784. The van der Waals surface area contributed by atoms with Gasteiger partial charge in [-0.05, 0) is 7.05 Å². The van der Waals surface area contributed by atoms with Crippen molar-refractivity contribution in [3.05, 3.63) is 52.8 Å². The highest BCUT2D eigenvalue weighted by Crippen LogP contribution is 2.38. The van der Waals surface area contributed by atoms with Crippen molar-refractivity contribution in [2.45, 2.75) is 18.4 Å². The normalized spacial score (nSPS) is 18.6. The molecule has 3 rings (SSSR count). The van der Waals surface area contributed by atoms with Crippen LogP contribution >= 0.6 is 11.3 Å². The number of likely N-dealkylation sites (tertiary alicyclic amines) is 1. The standard InChI is InChI=1S/C16H17N3S/c1-17-16(8-10-19(2)11-9-16)14-12-20-15(18-14)13-6-4-3-5-7-13/h3-7,12H,8-11H2,2H3. The van der Waals surface area contributed by atoms with E-state index in [2.05, 4.69) is 34.3 Å². The first-order chi connectivity index (χ1) is 9.73. The van der Waals surface area contributed by atoms with Gasteiger partial charge < -0.3 is 9.74 Å². The zero-order chi connectivity index (χ0) is 14.0. The lowest BCUT2D eigenvalue weighted by molar-refractivity contribution is 0.214. The Balaban J connectivity index is 1.91. The van der Waals surface area contributed by atoms with Crippen LogP contribution in [0.15, 0.2) is 35.7 Å². The van der Waals surface area contributed by atoms with Crippen molar-refractivity contribution in [2.24, 2.45) is 0 Å². The number of nitrogens with zero attached hydrogens (tertiary/aromatic N) is 3. The molecule has 2 aromatic rings. The van der Waals surface area contributed by atoms with Crippen LogP contribution in [0, 0.1) is 6.57 Å². The molecule has 0 aliphatic carbocycles. The summed E-state index contributed by atoms with van der Waals surface area (Å²) in [5, 5.41) is 3.09. The van der Waals surface area contributed by atoms with E-state index in [1.165, 1.54) is 0 Å². The molecule has 0 amide bonds. The second-order valence-corrected chi connectivity index (χ2v) is 6.21. The van der Waals surface area contributed by atoms with Crippen LogP contribution in [-0.4, -0.2) is 30.0 Å². The number of hydrogen-bond donors (Lipinski definition) is 0. The molecule has 1 aliphatic rings. The summed E-state index contributed by atoms with van der Waals surface area (Å²) in [4.78, 5) is 11.0. The van der Waals surface area contributed by atoms with Gasteiger partial charge in [-0.25, -0.2) is 11.6 Å². The lowest BCUT2D eigenvalue weighted by atomic mass is 9.86. The fourth-order valence-electron chi connectivity index (χ4n) is 2.61. The van der Waals surface area contributed by atoms with Crippen molar-refractivity contribution in [3.8, 4) is 10.6 Å². The van der Waals surface area contributed by atoms with Crippen LogP contribution in [0.2, 0.25) is 0 Å². The van der Waals surface area contributed by atoms with Crippen LogP contribution in [0.25, 0.3) is 15.4 Å². The maximum absolute atomic E-state index is 7.63. The van der Waals surface area contributed by atoms with Gasteiger partial charge in [0, 0.05) is 36.9 Å². The van der Waals surface area contributed by atoms with Gasteiger partial charge in [-0.15, -0.1) is 11.3 Å². The number of hydrogen-bond acceptors (Lipinski definition) is 3. The van der Waals surface area contributed by atoms with Crippen LogP contribution in [-0.2, 0) is 5.54 Å². The minimum atomic E-state index is -0.407. The fraction of sp³-hybridized carbons (Fsp3) is 0.375. The van der Waals surface area contributed by atoms with Gasteiger partial charge >= 0.3 is 0 Å². The summed E-state index contributed by atoms with van der Waals surface area (Å²) in [7, 11) is 2.12. The van der Waals surface area contributed by atoms with Crippen LogP contribution in [0.5, 0.6) is 0 Å². The number of piperidine rings is 1. The van der Waals surface area contributed by atoms with E-state index in [1.807, 2.05) is 18.2 Å². The second kappa shape index (κ2) is 5.35. The molecule has 1 aromatic heterocycles. The minimum Gasteiger partial charge on any atom is -0.306 e. The highest BCUT2D eigenvalue weighted by Gasteiger charge is 2.43. The Hall–Kier alpha value is -1.70.